The van der Waals surface area contributed by atoms with Crippen LogP contribution in [0.2, 0.25) is 0 Å². The maximum absolute atomic E-state index is 5.76. The van der Waals surface area contributed by atoms with Crippen molar-refractivity contribution in [2.45, 2.75) is 32.3 Å². The van der Waals surface area contributed by atoms with E-state index in [2.05, 4.69) is 36.3 Å². The average Bonchev–Trinajstić information content (AvgIpc) is 2.57. The molecule has 0 aliphatic heterocycles. The van der Waals surface area contributed by atoms with Crippen molar-refractivity contribution in [1.29, 1.82) is 0 Å². The van der Waals surface area contributed by atoms with E-state index in [1.807, 2.05) is 31.3 Å². The molecule has 1 heterocycles. The van der Waals surface area contributed by atoms with Gasteiger partial charge < -0.3 is 10.1 Å². The Kier molecular flexibility index (Phi) is 4.91. The van der Waals surface area contributed by atoms with Crippen LogP contribution in [-0.2, 0) is 10.3 Å². The number of hydrogen-bond acceptors (Lipinski definition) is 4. The van der Waals surface area contributed by atoms with Crippen LogP contribution >= 0.6 is 0 Å². The summed E-state index contributed by atoms with van der Waals surface area (Å²) >= 11 is 0. The highest BCUT2D eigenvalue weighted by Crippen LogP contribution is 2.32. The van der Waals surface area contributed by atoms with E-state index in [-0.39, 0.29) is 0 Å². The van der Waals surface area contributed by atoms with E-state index >= 15 is 0 Å². The molecule has 0 fully saturated rings. The van der Waals surface area contributed by atoms with Gasteiger partial charge in [-0.1, -0.05) is 44.2 Å². The molecule has 0 saturated carbocycles. The maximum Gasteiger partial charge on any atom is 0.163 e. The molecule has 0 spiro atoms. The summed E-state index contributed by atoms with van der Waals surface area (Å²) in [6, 6.07) is 12.1. The third-order valence-corrected chi connectivity index (χ3v) is 3.99. The van der Waals surface area contributed by atoms with Crippen molar-refractivity contribution in [3.8, 4) is 11.3 Å². The first-order valence-corrected chi connectivity index (χ1v) is 7.37. The van der Waals surface area contributed by atoms with E-state index in [1.165, 1.54) is 0 Å². The summed E-state index contributed by atoms with van der Waals surface area (Å²) < 4.78 is 5.76. The zero-order chi connectivity index (χ0) is 15.3. The summed E-state index contributed by atoms with van der Waals surface area (Å²) in [6.07, 6.45) is 1.67. The lowest BCUT2D eigenvalue weighted by Crippen LogP contribution is -2.29. The Labute approximate surface area is 126 Å². The van der Waals surface area contributed by atoms with Crippen LogP contribution < -0.4 is 5.32 Å². The molecule has 2 rings (SSSR count). The molecule has 0 radical (unpaired) electrons. The minimum absolute atomic E-state index is 0.434. The number of benzene rings is 1. The third kappa shape index (κ3) is 3.05. The normalized spacial score (nSPS) is 11.4. The molecule has 4 heteroatoms. The molecule has 0 bridgehead atoms. The first kappa shape index (κ1) is 15.4. The fourth-order valence-electron chi connectivity index (χ4n) is 2.48. The highest BCUT2D eigenvalue weighted by molar-refractivity contribution is 5.62. The van der Waals surface area contributed by atoms with Gasteiger partial charge in [-0.2, -0.15) is 0 Å². The van der Waals surface area contributed by atoms with E-state index in [0.717, 1.165) is 35.7 Å². The summed E-state index contributed by atoms with van der Waals surface area (Å²) in [5.74, 6) is 1.54. The molecule has 1 N–H and O–H groups in total. The minimum atomic E-state index is -0.434. The monoisotopic (exact) mass is 285 g/mol. The van der Waals surface area contributed by atoms with Gasteiger partial charge in [0.2, 0.25) is 0 Å². The van der Waals surface area contributed by atoms with E-state index in [9.17, 15) is 0 Å². The fraction of sp³-hybridized carbons (Fsp3) is 0.412. The Morgan fingerprint density at radius 3 is 2.29 bits per heavy atom. The average molecular weight is 285 g/mol. The highest BCUT2D eigenvalue weighted by Gasteiger charge is 2.32. The van der Waals surface area contributed by atoms with E-state index < -0.39 is 5.60 Å². The Bertz CT molecular complexity index is 572. The molecule has 4 nitrogen and oxygen atoms in total. The molecule has 0 amide bonds. The topological polar surface area (TPSA) is 47.0 Å². The molecule has 0 aliphatic rings. The standard InChI is InChI=1S/C17H23N3O/c1-5-17(6-2,21-4)16-19-14(12-15(18-3)20-16)13-10-8-7-9-11-13/h7-12H,5-6H2,1-4H3,(H,18,19,20). The molecule has 2 aromatic rings. The van der Waals surface area contributed by atoms with Gasteiger partial charge >= 0.3 is 0 Å². The van der Waals surface area contributed by atoms with Crippen LogP contribution in [0.5, 0.6) is 0 Å². The second kappa shape index (κ2) is 6.68. The number of ether oxygens (including phenoxy) is 1. The smallest absolute Gasteiger partial charge is 0.163 e. The second-order valence-corrected chi connectivity index (χ2v) is 4.98. The minimum Gasteiger partial charge on any atom is -0.373 e. The molecule has 1 aromatic carbocycles. The fourth-order valence-corrected chi connectivity index (χ4v) is 2.48. The largest absolute Gasteiger partial charge is 0.373 e. The number of methoxy groups -OCH3 is 1. The van der Waals surface area contributed by atoms with E-state index in [0.29, 0.717) is 0 Å². The van der Waals surface area contributed by atoms with Crippen molar-refractivity contribution in [2.75, 3.05) is 19.5 Å². The van der Waals surface area contributed by atoms with Crippen molar-refractivity contribution in [3.63, 3.8) is 0 Å². The Morgan fingerprint density at radius 2 is 1.76 bits per heavy atom. The van der Waals surface area contributed by atoms with Crippen LogP contribution in [0.25, 0.3) is 11.3 Å². The Balaban J connectivity index is 2.58. The molecule has 0 aliphatic carbocycles. The first-order valence-electron chi connectivity index (χ1n) is 7.37. The van der Waals surface area contributed by atoms with Gasteiger partial charge in [-0.25, -0.2) is 9.97 Å². The van der Waals surface area contributed by atoms with E-state index in [1.54, 1.807) is 7.11 Å². The molecular formula is C17H23N3O. The van der Waals surface area contributed by atoms with Gasteiger partial charge in [0.25, 0.3) is 0 Å². The van der Waals surface area contributed by atoms with Gasteiger partial charge in [-0.3, -0.25) is 0 Å². The van der Waals surface area contributed by atoms with Gasteiger partial charge in [0.1, 0.15) is 11.4 Å². The summed E-state index contributed by atoms with van der Waals surface area (Å²) in [7, 11) is 3.60. The lowest BCUT2D eigenvalue weighted by atomic mass is 9.95. The van der Waals surface area contributed by atoms with Gasteiger partial charge in [-0.05, 0) is 12.8 Å². The number of hydrogen-bond donors (Lipinski definition) is 1. The van der Waals surface area contributed by atoms with Crippen molar-refractivity contribution in [3.05, 3.63) is 42.2 Å². The summed E-state index contributed by atoms with van der Waals surface area (Å²) in [5, 5.41) is 3.12. The summed E-state index contributed by atoms with van der Waals surface area (Å²) in [4.78, 5) is 9.38. The van der Waals surface area contributed by atoms with Crippen LogP contribution in [-0.4, -0.2) is 24.1 Å². The van der Waals surface area contributed by atoms with Gasteiger partial charge in [0.15, 0.2) is 5.82 Å². The molecule has 1 aromatic heterocycles. The van der Waals surface area contributed by atoms with Crippen molar-refractivity contribution < 1.29 is 4.74 Å². The predicted octanol–water partition coefficient (Wildman–Crippen LogP) is 3.85. The number of nitrogens with one attached hydrogen (secondary N) is 1. The third-order valence-electron chi connectivity index (χ3n) is 3.99. The maximum atomic E-state index is 5.76. The Morgan fingerprint density at radius 1 is 1.10 bits per heavy atom. The van der Waals surface area contributed by atoms with E-state index in [4.69, 9.17) is 9.72 Å². The van der Waals surface area contributed by atoms with Crippen LogP contribution in [0.1, 0.15) is 32.5 Å². The van der Waals surface area contributed by atoms with Gasteiger partial charge in [-0.15, -0.1) is 0 Å². The molecule has 112 valence electrons. The van der Waals surface area contributed by atoms with Crippen molar-refractivity contribution in [2.24, 2.45) is 0 Å². The first-order chi connectivity index (χ1) is 10.2. The van der Waals surface area contributed by atoms with Gasteiger partial charge in [0.05, 0.1) is 5.69 Å². The molecule has 0 saturated heterocycles. The SMILES string of the molecule is CCC(CC)(OC)c1nc(NC)cc(-c2ccccc2)n1. The molecule has 0 atom stereocenters. The predicted molar refractivity (Wildman–Crippen MR) is 86.3 cm³/mol. The number of anilines is 1. The lowest BCUT2D eigenvalue weighted by molar-refractivity contribution is -0.0289. The van der Waals surface area contributed by atoms with Crippen LogP contribution in [0.4, 0.5) is 5.82 Å². The summed E-state index contributed by atoms with van der Waals surface area (Å²) in [5.41, 5.74) is 1.55. The Hall–Kier alpha value is -1.94. The van der Waals surface area contributed by atoms with Gasteiger partial charge in [0, 0.05) is 25.8 Å². The molecular weight excluding hydrogens is 262 g/mol. The number of nitrogens with zero attached hydrogens (tertiary/aromatic N) is 2. The highest BCUT2D eigenvalue weighted by atomic mass is 16.5. The second-order valence-electron chi connectivity index (χ2n) is 4.98. The van der Waals surface area contributed by atoms with Crippen LogP contribution in [0, 0.1) is 0 Å². The van der Waals surface area contributed by atoms with Crippen LogP contribution in [0.3, 0.4) is 0 Å². The lowest BCUT2D eigenvalue weighted by Gasteiger charge is -2.29. The van der Waals surface area contributed by atoms with Crippen molar-refractivity contribution in [1.82, 2.24) is 9.97 Å². The summed E-state index contributed by atoms with van der Waals surface area (Å²) in [6.45, 7) is 4.20. The number of rotatable bonds is 6. The molecule has 21 heavy (non-hydrogen) atoms. The number of aromatic nitrogens is 2. The zero-order valence-electron chi connectivity index (χ0n) is 13.2. The van der Waals surface area contributed by atoms with Crippen molar-refractivity contribution >= 4 is 5.82 Å². The molecule has 0 unspecified atom stereocenters. The van der Waals surface area contributed by atoms with Crippen LogP contribution in [0.15, 0.2) is 36.4 Å². The zero-order valence-corrected chi connectivity index (χ0v) is 13.2. The quantitative estimate of drug-likeness (QED) is 0.875.